The third-order valence-corrected chi connectivity index (χ3v) is 3.74. The van der Waals surface area contributed by atoms with Crippen LogP contribution < -0.4 is 21.5 Å². The number of anilines is 2. The molecule has 0 aliphatic carbocycles. The summed E-state index contributed by atoms with van der Waals surface area (Å²) in [4.78, 5) is 19.0. The molecule has 1 aliphatic heterocycles. The van der Waals surface area contributed by atoms with Gasteiger partial charge in [0.2, 0.25) is 0 Å². The van der Waals surface area contributed by atoms with Crippen LogP contribution in [0.25, 0.3) is 0 Å². The van der Waals surface area contributed by atoms with Gasteiger partial charge in [0.25, 0.3) is 0 Å². The number of fused-ring (bicyclic) bond motifs is 1. The topological polar surface area (TPSA) is 82.8 Å². The number of carbonyl (C=O) groups excluding carboxylic acids is 1. The van der Waals surface area contributed by atoms with Crippen molar-refractivity contribution in [1.29, 1.82) is 0 Å². The van der Waals surface area contributed by atoms with E-state index in [-0.39, 0.29) is 12.1 Å². The Bertz CT molecular complexity index is 729. The van der Waals surface area contributed by atoms with E-state index in [9.17, 15) is 4.79 Å². The number of para-hydroxylation sites is 3. The molecule has 2 aromatic carbocycles. The molecule has 1 aliphatic rings. The smallest absolute Gasteiger partial charge is 0.312 e. The van der Waals surface area contributed by atoms with E-state index in [1.165, 1.54) is 0 Å². The third kappa shape index (κ3) is 3.17. The maximum Gasteiger partial charge on any atom is 0.326 e. The van der Waals surface area contributed by atoms with E-state index in [0.717, 1.165) is 11.4 Å². The van der Waals surface area contributed by atoms with Gasteiger partial charge in [0.1, 0.15) is 5.84 Å². The molecule has 2 amide bonds. The van der Waals surface area contributed by atoms with E-state index in [1.807, 2.05) is 61.5 Å². The van der Waals surface area contributed by atoms with Crippen LogP contribution in [-0.2, 0) is 0 Å². The van der Waals surface area contributed by atoms with Crippen molar-refractivity contribution in [2.24, 2.45) is 10.8 Å². The lowest BCUT2D eigenvalue weighted by molar-refractivity contribution is 0.255. The molecule has 0 radical (unpaired) electrons. The van der Waals surface area contributed by atoms with Gasteiger partial charge in [0, 0.05) is 18.2 Å². The maximum atomic E-state index is 12.8. The number of hydrogen-bond donors (Lipinski definition) is 3. The first-order chi connectivity index (χ1) is 11.2. The van der Waals surface area contributed by atoms with Crippen LogP contribution >= 0.6 is 0 Å². The Morgan fingerprint density at radius 1 is 1.17 bits per heavy atom. The summed E-state index contributed by atoms with van der Waals surface area (Å²) in [6, 6.07) is 16.7. The molecule has 0 fully saturated rings. The number of hydrazine groups is 1. The lowest BCUT2D eigenvalue weighted by Gasteiger charge is -2.28. The van der Waals surface area contributed by atoms with Gasteiger partial charge in [-0.2, -0.15) is 0 Å². The molecule has 2 aromatic rings. The average molecular weight is 309 g/mol. The van der Waals surface area contributed by atoms with Crippen molar-refractivity contribution in [1.82, 2.24) is 5.43 Å². The number of aliphatic imine (C=N–C) groups is 1. The summed E-state index contributed by atoms with van der Waals surface area (Å²) in [5.74, 6) is 6.19. The summed E-state index contributed by atoms with van der Waals surface area (Å²) >= 11 is 0. The molecular formula is C17H19N5O. The minimum atomic E-state index is -0.190. The number of nitrogens with one attached hydrogen (secondary N) is 2. The van der Waals surface area contributed by atoms with Crippen LogP contribution in [-0.4, -0.2) is 17.9 Å². The number of urea groups is 1. The van der Waals surface area contributed by atoms with Crippen LogP contribution in [0, 0.1) is 0 Å². The van der Waals surface area contributed by atoms with Crippen molar-refractivity contribution in [3.63, 3.8) is 0 Å². The van der Waals surface area contributed by atoms with Crippen LogP contribution in [0.1, 0.15) is 13.3 Å². The Morgan fingerprint density at radius 2 is 1.87 bits per heavy atom. The second-order valence-corrected chi connectivity index (χ2v) is 5.41. The highest BCUT2D eigenvalue weighted by Crippen LogP contribution is 2.33. The monoisotopic (exact) mass is 309 g/mol. The lowest BCUT2D eigenvalue weighted by Crippen LogP contribution is -2.44. The van der Waals surface area contributed by atoms with Gasteiger partial charge in [-0.1, -0.05) is 30.3 Å². The molecule has 0 aromatic heterocycles. The van der Waals surface area contributed by atoms with Crippen molar-refractivity contribution in [3.8, 4) is 0 Å². The molecule has 0 saturated heterocycles. The predicted molar refractivity (Wildman–Crippen MR) is 92.9 cm³/mol. The van der Waals surface area contributed by atoms with Crippen molar-refractivity contribution in [3.05, 3.63) is 54.6 Å². The van der Waals surface area contributed by atoms with Crippen molar-refractivity contribution >= 4 is 28.9 Å². The van der Waals surface area contributed by atoms with Gasteiger partial charge < -0.3 is 10.7 Å². The van der Waals surface area contributed by atoms with Gasteiger partial charge in [-0.15, -0.1) is 0 Å². The summed E-state index contributed by atoms with van der Waals surface area (Å²) in [6.07, 6.45) is 0.549. The molecule has 118 valence electrons. The number of amidine groups is 1. The number of rotatable bonds is 1. The van der Waals surface area contributed by atoms with E-state index in [4.69, 9.17) is 5.84 Å². The molecule has 3 rings (SSSR count). The molecule has 1 atom stereocenters. The number of nitrogens with zero attached hydrogens (tertiary/aromatic N) is 2. The zero-order valence-electron chi connectivity index (χ0n) is 12.9. The van der Waals surface area contributed by atoms with Crippen molar-refractivity contribution in [2.45, 2.75) is 19.4 Å². The standard InChI is InChI=1S/C17H19N5O/c1-12-11-16(21-18)20-14-9-5-6-10-15(14)22(12)17(23)19-13-7-3-2-4-8-13/h2-10,12H,11,18H2,1H3,(H,19,23)(H,20,21). The van der Waals surface area contributed by atoms with Gasteiger partial charge in [-0.25, -0.2) is 15.6 Å². The SMILES string of the molecule is CC1CC(NN)=Nc2ccccc2N1C(=O)Nc1ccccc1. The van der Waals surface area contributed by atoms with Crippen molar-refractivity contribution < 1.29 is 4.79 Å². The summed E-state index contributed by atoms with van der Waals surface area (Å²) in [5, 5.41) is 2.93. The Balaban J connectivity index is 1.94. The summed E-state index contributed by atoms with van der Waals surface area (Å²) in [6.45, 7) is 1.97. The highest BCUT2D eigenvalue weighted by atomic mass is 16.2. The minimum Gasteiger partial charge on any atom is -0.312 e. The molecule has 0 saturated carbocycles. The van der Waals surface area contributed by atoms with E-state index in [2.05, 4.69) is 15.7 Å². The first-order valence-corrected chi connectivity index (χ1v) is 7.47. The zero-order chi connectivity index (χ0) is 16.2. The fourth-order valence-electron chi connectivity index (χ4n) is 2.67. The van der Waals surface area contributed by atoms with Crippen LogP contribution in [0.5, 0.6) is 0 Å². The maximum absolute atomic E-state index is 12.8. The van der Waals surface area contributed by atoms with Crippen molar-refractivity contribution in [2.75, 3.05) is 10.2 Å². The molecule has 23 heavy (non-hydrogen) atoms. The second kappa shape index (κ2) is 6.50. The summed E-state index contributed by atoms with van der Waals surface area (Å²) in [5.41, 5.74) is 4.85. The minimum absolute atomic E-state index is 0.0860. The molecule has 6 heteroatoms. The number of carbonyl (C=O) groups is 1. The molecule has 6 nitrogen and oxygen atoms in total. The number of amides is 2. The summed E-state index contributed by atoms with van der Waals surface area (Å²) < 4.78 is 0. The van der Waals surface area contributed by atoms with E-state index < -0.39 is 0 Å². The zero-order valence-corrected chi connectivity index (χ0v) is 12.9. The second-order valence-electron chi connectivity index (χ2n) is 5.41. The van der Waals surface area contributed by atoms with Gasteiger partial charge in [0.15, 0.2) is 0 Å². The van der Waals surface area contributed by atoms with Gasteiger partial charge >= 0.3 is 6.03 Å². The van der Waals surface area contributed by atoms with Crippen LogP contribution in [0.3, 0.4) is 0 Å². The predicted octanol–water partition coefficient (Wildman–Crippen LogP) is 3.01. The normalized spacial score (nSPS) is 16.9. The molecule has 4 N–H and O–H groups in total. The highest BCUT2D eigenvalue weighted by molar-refractivity contribution is 6.05. The Morgan fingerprint density at radius 3 is 2.61 bits per heavy atom. The number of nitrogens with two attached hydrogens (primary N) is 1. The van der Waals surface area contributed by atoms with Crippen LogP contribution in [0.4, 0.5) is 21.9 Å². The Kier molecular flexibility index (Phi) is 4.25. The Labute approximate surface area is 135 Å². The third-order valence-electron chi connectivity index (χ3n) is 3.74. The molecule has 1 heterocycles. The van der Waals surface area contributed by atoms with Gasteiger partial charge in [-0.3, -0.25) is 4.90 Å². The van der Waals surface area contributed by atoms with Gasteiger partial charge in [0.05, 0.1) is 11.4 Å². The quantitative estimate of drug-likeness (QED) is 0.559. The number of benzene rings is 2. The average Bonchev–Trinajstić information content (AvgIpc) is 2.71. The van der Waals surface area contributed by atoms with Crippen LogP contribution in [0.15, 0.2) is 59.6 Å². The lowest BCUT2D eigenvalue weighted by atomic mass is 10.1. The fourth-order valence-corrected chi connectivity index (χ4v) is 2.67. The first-order valence-electron chi connectivity index (χ1n) is 7.47. The summed E-state index contributed by atoms with van der Waals surface area (Å²) in [7, 11) is 0. The molecular weight excluding hydrogens is 290 g/mol. The molecule has 0 bridgehead atoms. The van der Waals surface area contributed by atoms with E-state index in [1.54, 1.807) is 4.90 Å². The highest BCUT2D eigenvalue weighted by Gasteiger charge is 2.28. The van der Waals surface area contributed by atoms with Gasteiger partial charge in [-0.05, 0) is 31.2 Å². The first kappa shape index (κ1) is 15.1. The van der Waals surface area contributed by atoms with E-state index >= 15 is 0 Å². The number of hydrogen-bond acceptors (Lipinski definition) is 4. The molecule has 1 unspecified atom stereocenters. The largest absolute Gasteiger partial charge is 0.326 e. The Hall–Kier alpha value is -2.86. The van der Waals surface area contributed by atoms with E-state index in [0.29, 0.717) is 17.9 Å². The fraction of sp³-hybridized carbons (Fsp3) is 0.176. The van der Waals surface area contributed by atoms with Crippen LogP contribution in [0.2, 0.25) is 0 Å². The molecule has 0 spiro atoms.